The van der Waals surface area contributed by atoms with Gasteiger partial charge in [0.15, 0.2) is 5.78 Å². The van der Waals surface area contributed by atoms with Crippen molar-refractivity contribution in [2.45, 2.75) is 13.1 Å². The topological polar surface area (TPSA) is 17.1 Å². The Hall–Kier alpha value is -1.88. The highest BCUT2D eigenvalue weighted by Gasteiger charge is 2.34. The molecule has 0 saturated carbocycles. The first-order valence-corrected chi connectivity index (χ1v) is 6.26. The molecule has 2 rings (SSSR count). The smallest absolute Gasteiger partial charge is 0.289 e. The molecule has 0 atom stereocenters. The lowest BCUT2D eigenvalue weighted by atomic mass is 9.99. The van der Waals surface area contributed by atoms with Crippen molar-refractivity contribution < 1.29 is 22.4 Å². The van der Waals surface area contributed by atoms with Gasteiger partial charge in [-0.1, -0.05) is 23.7 Å². The highest BCUT2D eigenvalue weighted by atomic mass is 35.5. The fourth-order valence-corrected chi connectivity index (χ4v) is 2.07. The van der Waals surface area contributed by atoms with E-state index < -0.39 is 23.3 Å². The summed E-state index contributed by atoms with van der Waals surface area (Å²) in [6.45, 7) is 1.67. The molecule has 0 spiro atoms. The van der Waals surface area contributed by atoms with Crippen molar-refractivity contribution in [1.82, 2.24) is 0 Å². The lowest BCUT2D eigenvalue weighted by Gasteiger charge is -2.10. The van der Waals surface area contributed by atoms with Crippen LogP contribution in [0.3, 0.4) is 0 Å². The quantitative estimate of drug-likeness (QED) is 0.560. The van der Waals surface area contributed by atoms with Crippen molar-refractivity contribution in [3.8, 4) is 0 Å². The molecule has 2 aromatic rings. The lowest BCUT2D eigenvalue weighted by molar-refractivity contribution is -0.140. The zero-order chi connectivity index (χ0) is 15.8. The van der Waals surface area contributed by atoms with Crippen molar-refractivity contribution in [3.63, 3.8) is 0 Å². The number of carbonyl (C=O) groups excluding carboxylic acids is 1. The molecule has 0 amide bonds. The SMILES string of the molecule is Cc1cccc(C(=O)c2ccc(F)c(C(F)(F)F)c2)c1Cl. The molecule has 0 aromatic heterocycles. The molecule has 0 N–H and O–H groups in total. The Labute approximate surface area is 123 Å². The van der Waals surface area contributed by atoms with Gasteiger partial charge >= 0.3 is 6.18 Å². The molecular formula is C15H9ClF4O. The normalized spacial score (nSPS) is 11.5. The van der Waals surface area contributed by atoms with Crippen LogP contribution in [-0.4, -0.2) is 5.78 Å². The Balaban J connectivity index is 2.52. The molecule has 0 radical (unpaired) electrons. The minimum absolute atomic E-state index is 0.0800. The summed E-state index contributed by atoms with van der Waals surface area (Å²) in [5, 5.41) is 0.167. The average molecular weight is 317 g/mol. The highest BCUT2D eigenvalue weighted by Crippen LogP contribution is 2.33. The molecule has 0 bridgehead atoms. The molecule has 2 aromatic carbocycles. The summed E-state index contributed by atoms with van der Waals surface area (Å²) in [4.78, 5) is 12.2. The second-order valence-corrected chi connectivity index (χ2v) is 4.84. The van der Waals surface area contributed by atoms with E-state index in [9.17, 15) is 22.4 Å². The minimum Gasteiger partial charge on any atom is -0.289 e. The lowest BCUT2D eigenvalue weighted by Crippen LogP contribution is -2.11. The summed E-state index contributed by atoms with van der Waals surface area (Å²) in [6, 6.07) is 6.78. The molecule has 0 aliphatic rings. The van der Waals surface area contributed by atoms with E-state index in [4.69, 9.17) is 11.6 Å². The first-order valence-electron chi connectivity index (χ1n) is 5.88. The molecule has 0 unspecified atom stereocenters. The predicted molar refractivity (Wildman–Crippen MR) is 71.0 cm³/mol. The molecule has 21 heavy (non-hydrogen) atoms. The summed E-state index contributed by atoms with van der Waals surface area (Å²) >= 11 is 5.98. The van der Waals surface area contributed by atoms with Crippen LogP contribution in [0.15, 0.2) is 36.4 Å². The zero-order valence-electron chi connectivity index (χ0n) is 10.8. The van der Waals surface area contributed by atoms with Gasteiger partial charge in [-0.2, -0.15) is 13.2 Å². The van der Waals surface area contributed by atoms with E-state index in [1.807, 2.05) is 0 Å². The standard InChI is InChI=1S/C15H9ClF4O/c1-8-3-2-4-10(13(8)16)14(21)9-5-6-12(17)11(7-9)15(18,19)20/h2-7H,1H3. The Morgan fingerprint density at radius 1 is 1.14 bits per heavy atom. The van der Waals surface area contributed by atoms with Gasteiger partial charge in [0.2, 0.25) is 0 Å². The van der Waals surface area contributed by atoms with Crippen LogP contribution in [0, 0.1) is 12.7 Å². The third kappa shape index (κ3) is 3.08. The van der Waals surface area contributed by atoms with Gasteiger partial charge in [0.25, 0.3) is 0 Å². The number of carbonyl (C=O) groups is 1. The van der Waals surface area contributed by atoms with E-state index in [1.165, 1.54) is 6.07 Å². The van der Waals surface area contributed by atoms with Crippen LogP contribution in [0.2, 0.25) is 5.02 Å². The van der Waals surface area contributed by atoms with E-state index in [2.05, 4.69) is 0 Å². The Bertz CT molecular complexity index is 707. The fourth-order valence-electron chi connectivity index (χ4n) is 1.86. The number of halogens is 5. The zero-order valence-corrected chi connectivity index (χ0v) is 11.5. The van der Waals surface area contributed by atoms with Crippen LogP contribution < -0.4 is 0 Å². The number of aryl methyl sites for hydroxylation is 1. The molecule has 0 saturated heterocycles. The van der Waals surface area contributed by atoms with Crippen LogP contribution in [-0.2, 0) is 6.18 Å². The summed E-state index contributed by atoms with van der Waals surface area (Å²) in [5.41, 5.74) is -1.04. The first kappa shape index (κ1) is 15.5. The van der Waals surface area contributed by atoms with Gasteiger partial charge in [-0.3, -0.25) is 4.79 Å². The van der Waals surface area contributed by atoms with Gasteiger partial charge in [-0.05, 0) is 36.8 Å². The summed E-state index contributed by atoms with van der Waals surface area (Å²) in [7, 11) is 0. The summed E-state index contributed by atoms with van der Waals surface area (Å²) < 4.78 is 51.2. The van der Waals surface area contributed by atoms with Crippen LogP contribution in [0.4, 0.5) is 17.6 Å². The molecular weight excluding hydrogens is 308 g/mol. The van der Waals surface area contributed by atoms with Gasteiger partial charge in [0, 0.05) is 11.1 Å². The number of benzene rings is 2. The van der Waals surface area contributed by atoms with Gasteiger partial charge in [0.1, 0.15) is 5.82 Å². The predicted octanol–water partition coefficient (Wildman–Crippen LogP) is 5.04. The number of ketones is 1. The molecule has 1 nitrogen and oxygen atoms in total. The van der Waals surface area contributed by atoms with Crippen LogP contribution >= 0.6 is 11.6 Å². The fraction of sp³-hybridized carbons (Fsp3) is 0.133. The van der Waals surface area contributed by atoms with Crippen LogP contribution in [0.1, 0.15) is 27.0 Å². The van der Waals surface area contributed by atoms with Crippen molar-refractivity contribution in [2.75, 3.05) is 0 Å². The van der Waals surface area contributed by atoms with E-state index >= 15 is 0 Å². The minimum atomic E-state index is -4.86. The monoisotopic (exact) mass is 316 g/mol. The number of rotatable bonds is 2. The molecule has 0 aliphatic heterocycles. The van der Waals surface area contributed by atoms with Crippen LogP contribution in [0.5, 0.6) is 0 Å². The summed E-state index contributed by atoms with van der Waals surface area (Å²) in [6.07, 6.45) is -4.86. The third-order valence-electron chi connectivity index (χ3n) is 2.97. The second kappa shape index (κ2) is 5.48. The maximum absolute atomic E-state index is 13.2. The van der Waals surface area contributed by atoms with E-state index in [-0.39, 0.29) is 16.1 Å². The largest absolute Gasteiger partial charge is 0.419 e. The molecule has 110 valence electrons. The molecule has 0 fully saturated rings. The maximum Gasteiger partial charge on any atom is 0.419 e. The van der Waals surface area contributed by atoms with Gasteiger partial charge in [0.05, 0.1) is 10.6 Å². The van der Waals surface area contributed by atoms with Gasteiger partial charge in [-0.25, -0.2) is 4.39 Å². The van der Waals surface area contributed by atoms with E-state index in [0.29, 0.717) is 17.7 Å². The molecule has 6 heteroatoms. The number of hydrogen-bond donors (Lipinski definition) is 0. The first-order chi connectivity index (χ1) is 9.71. The second-order valence-electron chi connectivity index (χ2n) is 4.46. The maximum atomic E-state index is 13.2. The highest BCUT2D eigenvalue weighted by molar-refractivity contribution is 6.35. The van der Waals surface area contributed by atoms with Gasteiger partial charge < -0.3 is 0 Å². The third-order valence-corrected chi connectivity index (χ3v) is 3.47. The van der Waals surface area contributed by atoms with Gasteiger partial charge in [-0.15, -0.1) is 0 Å². The van der Waals surface area contributed by atoms with E-state index in [1.54, 1.807) is 19.1 Å². The molecule has 0 heterocycles. The number of hydrogen-bond acceptors (Lipinski definition) is 1. The van der Waals surface area contributed by atoms with E-state index in [0.717, 1.165) is 6.07 Å². The van der Waals surface area contributed by atoms with Crippen molar-refractivity contribution >= 4 is 17.4 Å². The number of alkyl halides is 3. The van der Waals surface area contributed by atoms with Crippen molar-refractivity contribution in [3.05, 3.63) is 69.5 Å². The Morgan fingerprint density at radius 2 is 1.81 bits per heavy atom. The molecule has 0 aliphatic carbocycles. The van der Waals surface area contributed by atoms with Crippen molar-refractivity contribution in [2.24, 2.45) is 0 Å². The van der Waals surface area contributed by atoms with Crippen molar-refractivity contribution in [1.29, 1.82) is 0 Å². The summed E-state index contributed by atoms with van der Waals surface area (Å²) in [5.74, 6) is -2.11. The van der Waals surface area contributed by atoms with Crippen LogP contribution in [0.25, 0.3) is 0 Å². The Kier molecular flexibility index (Phi) is 4.05. The Morgan fingerprint density at radius 3 is 2.43 bits per heavy atom. The average Bonchev–Trinajstić information content (AvgIpc) is 2.40.